The van der Waals surface area contributed by atoms with Crippen LogP contribution in [0, 0.1) is 5.41 Å². The number of oxime groups is 1. The smallest absolute Gasteiger partial charge is 0.196 e. The molecule has 0 aromatic heterocycles. The van der Waals surface area contributed by atoms with E-state index in [0.717, 1.165) is 0 Å². The van der Waals surface area contributed by atoms with E-state index >= 15 is 0 Å². The molecule has 0 amide bonds. The second kappa shape index (κ2) is 4.50. The Labute approximate surface area is 77.5 Å². The highest BCUT2D eigenvalue weighted by Gasteiger charge is 2.26. The Morgan fingerprint density at radius 3 is 2.17 bits per heavy atom. The van der Waals surface area contributed by atoms with Crippen LogP contribution in [0.4, 0.5) is 0 Å². The number of Topliss-reactive ketones (excluding diaryl/α,β-unsaturated/α-hetero) is 1. The maximum Gasteiger partial charge on any atom is 0.196 e. The Morgan fingerprint density at radius 2 is 1.92 bits per heavy atom. The number of hydrogen-bond donors (Lipinski definition) is 0. The van der Waals surface area contributed by atoms with Crippen molar-refractivity contribution in [2.24, 2.45) is 10.6 Å². The van der Waals surface area contributed by atoms with Gasteiger partial charge in [0.15, 0.2) is 10.8 Å². The zero-order chi connectivity index (χ0) is 9.78. The van der Waals surface area contributed by atoms with Gasteiger partial charge < -0.3 is 4.84 Å². The first-order chi connectivity index (χ1) is 5.43. The molecule has 3 nitrogen and oxygen atoms in total. The van der Waals surface area contributed by atoms with E-state index < -0.39 is 0 Å². The first-order valence-electron chi connectivity index (χ1n) is 3.63. The average Bonchev–Trinajstić information content (AvgIpc) is 1.97. The van der Waals surface area contributed by atoms with E-state index in [-0.39, 0.29) is 11.2 Å². The molecule has 0 saturated heterocycles. The largest absolute Gasteiger partial charge is 0.398 e. The van der Waals surface area contributed by atoms with Gasteiger partial charge in [0, 0.05) is 5.41 Å². The number of ketones is 1. The van der Waals surface area contributed by atoms with E-state index in [1.807, 2.05) is 27.0 Å². The lowest BCUT2D eigenvalue weighted by molar-refractivity contribution is -0.119. The quantitative estimate of drug-likeness (QED) is 0.378. The average molecular weight is 189 g/mol. The monoisotopic (exact) mass is 189 g/mol. The van der Waals surface area contributed by atoms with Crippen LogP contribution in [-0.4, -0.2) is 24.2 Å². The van der Waals surface area contributed by atoms with Crippen molar-refractivity contribution in [1.29, 1.82) is 0 Å². The van der Waals surface area contributed by atoms with Crippen LogP contribution in [0.3, 0.4) is 0 Å². The number of hydrogen-bond acceptors (Lipinski definition) is 4. The predicted octanol–water partition coefficient (Wildman–Crippen LogP) is 1.92. The fourth-order valence-corrected chi connectivity index (χ4v) is 1.22. The van der Waals surface area contributed by atoms with E-state index in [9.17, 15) is 4.79 Å². The van der Waals surface area contributed by atoms with Gasteiger partial charge in [-0.15, -0.1) is 11.8 Å². The van der Waals surface area contributed by atoms with Gasteiger partial charge in [-0.3, -0.25) is 4.79 Å². The molecule has 0 aromatic carbocycles. The molecule has 0 unspecified atom stereocenters. The van der Waals surface area contributed by atoms with Gasteiger partial charge in [0.05, 0.1) is 0 Å². The van der Waals surface area contributed by atoms with Crippen LogP contribution in [0.1, 0.15) is 20.8 Å². The summed E-state index contributed by atoms with van der Waals surface area (Å²) in [6.07, 6.45) is 1.81. The molecule has 0 heterocycles. The molecule has 12 heavy (non-hydrogen) atoms. The third kappa shape index (κ3) is 3.26. The second-order valence-corrected chi connectivity index (χ2v) is 4.16. The topological polar surface area (TPSA) is 38.7 Å². The molecule has 0 aliphatic carbocycles. The van der Waals surface area contributed by atoms with Crippen molar-refractivity contribution in [3.05, 3.63) is 0 Å². The summed E-state index contributed by atoms with van der Waals surface area (Å²) >= 11 is 1.30. The zero-order valence-corrected chi connectivity index (χ0v) is 8.99. The predicted molar refractivity (Wildman–Crippen MR) is 52.4 cm³/mol. The second-order valence-electron chi connectivity index (χ2n) is 3.36. The number of thioether (sulfide) groups is 1. The number of rotatable bonds is 2. The van der Waals surface area contributed by atoms with Gasteiger partial charge in [-0.25, -0.2) is 0 Å². The maximum absolute atomic E-state index is 11.6. The van der Waals surface area contributed by atoms with E-state index in [1.165, 1.54) is 18.9 Å². The lowest BCUT2D eigenvalue weighted by Gasteiger charge is -2.15. The van der Waals surface area contributed by atoms with E-state index in [1.54, 1.807) is 0 Å². The van der Waals surface area contributed by atoms with Crippen molar-refractivity contribution in [3.8, 4) is 0 Å². The number of carbonyl (C=O) groups is 1. The fourth-order valence-electron chi connectivity index (χ4n) is 0.575. The Kier molecular flexibility index (Phi) is 4.31. The third-order valence-corrected chi connectivity index (χ3v) is 1.89. The third-order valence-electron chi connectivity index (χ3n) is 1.24. The molecule has 0 aromatic rings. The van der Waals surface area contributed by atoms with Gasteiger partial charge in [-0.2, -0.15) is 0 Å². The van der Waals surface area contributed by atoms with Crippen molar-refractivity contribution < 1.29 is 9.63 Å². The van der Waals surface area contributed by atoms with Crippen molar-refractivity contribution in [3.63, 3.8) is 0 Å². The highest BCUT2D eigenvalue weighted by atomic mass is 32.2. The Hall–Kier alpha value is -0.510. The molecular formula is C8H15NO2S. The van der Waals surface area contributed by atoms with E-state index in [4.69, 9.17) is 0 Å². The molecule has 0 atom stereocenters. The summed E-state index contributed by atoms with van der Waals surface area (Å²) in [4.78, 5) is 16.1. The van der Waals surface area contributed by atoms with Crippen LogP contribution in [0.25, 0.3) is 0 Å². The molecular weight excluding hydrogens is 174 g/mol. The summed E-state index contributed by atoms with van der Waals surface area (Å²) < 4.78 is 0. The minimum Gasteiger partial charge on any atom is -0.398 e. The van der Waals surface area contributed by atoms with Gasteiger partial charge in [-0.1, -0.05) is 25.9 Å². The van der Waals surface area contributed by atoms with Crippen LogP contribution in [0.2, 0.25) is 0 Å². The van der Waals surface area contributed by atoms with E-state index in [2.05, 4.69) is 9.99 Å². The molecule has 0 spiro atoms. The summed E-state index contributed by atoms with van der Waals surface area (Å²) in [7, 11) is 1.44. The van der Waals surface area contributed by atoms with Crippen LogP contribution in [0.15, 0.2) is 5.16 Å². The minimum absolute atomic E-state index is 0.0110. The maximum atomic E-state index is 11.6. The zero-order valence-electron chi connectivity index (χ0n) is 8.17. The summed E-state index contributed by atoms with van der Waals surface area (Å²) in [5.41, 5.74) is -0.389. The van der Waals surface area contributed by atoms with Crippen LogP contribution in [-0.2, 0) is 9.63 Å². The molecule has 4 heteroatoms. The molecule has 0 N–H and O–H groups in total. The van der Waals surface area contributed by atoms with Crippen LogP contribution in [0.5, 0.6) is 0 Å². The summed E-state index contributed by atoms with van der Waals surface area (Å²) in [5.74, 6) is 0.0110. The number of carbonyl (C=O) groups excluding carboxylic acids is 1. The van der Waals surface area contributed by atoms with Gasteiger partial charge in [0.1, 0.15) is 7.11 Å². The lowest BCUT2D eigenvalue weighted by Crippen LogP contribution is -2.26. The normalized spacial score (nSPS) is 12.9. The SMILES string of the molecule is CON=C(SC)C(=O)C(C)(C)C. The first kappa shape index (κ1) is 11.5. The van der Waals surface area contributed by atoms with Gasteiger partial charge in [0.2, 0.25) is 0 Å². The van der Waals surface area contributed by atoms with Crippen molar-refractivity contribution >= 4 is 22.6 Å². The molecule has 70 valence electrons. The Morgan fingerprint density at radius 1 is 1.42 bits per heavy atom. The van der Waals surface area contributed by atoms with Gasteiger partial charge >= 0.3 is 0 Å². The van der Waals surface area contributed by atoms with Gasteiger partial charge in [0.25, 0.3) is 0 Å². The van der Waals surface area contributed by atoms with Crippen LogP contribution >= 0.6 is 11.8 Å². The van der Waals surface area contributed by atoms with E-state index in [0.29, 0.717) is 5.04 Å². The Bertz CT molecular complexity index is 194. The summed E-state index contributed by atoms with van der Waals surface area (Å²) in [5, 5.41) is 4.06. The highest BCUT2D eigenvalue weighted by Crippen LogP contribution is 2.18. The first-order valence-corrected chi connectivity index (χ1v) is 4.86. The summed E-state index contributed by atoms with van der Waals surface area (Å²) in [6, 6.07) is 0. The summed E-state index contributed by atoms with van der Waals surface area (Å²) in [6.45, 7) is 5.57. The number of nitrogens with zero attached hydrogens (tertiary/aromatic N) is 1. The molecule has 0 bridgehead atoms. The van der Waals surface area contributed by atoms with Crippen molar-refractivity contribution in [1.82, 2.24) is 0 Å². The van der Waals surface area contributed by atoms with Crippen molar-refractivity contribution in [2.75, 3.05) is 13.4 Å². The minimum atomic E-state index is -0.389. The molecule has 0 aliphatic heterocycles. The molecule has 0 rings (SSSR count). The lowest BCUT2D eigenvalue weighted by atomic mass is 9.91. The molecule has 0 fully saturated rings. The Balaban J connectivity index is 4.55. The van der Waals surface area contributed by atoms with Crippen molar-refractivity contribution in [2.45, 2.75) is 20.8 Å². The fraction of sp³-hybridized carbons (Fsp3) is 0.750. The molecule has 0 aliphatic rings. The standard InChI is InChI=1S/C8H15NO2S/c1-8(2,3)6(10)7(12-5)9-11-4/h1-5H3. The molecule has 0 radical (unpaired) electrons. The molecule has 0 saturated carbocycles. The highest BCUT2D eigenvalue weighted by molar-refractivity contribution is 8.15. The van der Waals surface area contributed by atoms with Gasteiger partial charge in [-0.05, 0) is 6.26 Å². The van der Waals surface area contributed by atoms with Crippen LogP contribution < -0.4 is 0 Å².